The molecule has 3 aromatic heterocycles. The Kier molecular flexibility index (Phi) is 7.26. The van der Waals surface area contributed by atoms with Gasteiger partial charge in [-0.1, -0.05) is 29.5 Å². The summed E-state index contributed by atoms with van der Waals surface area (Å²) in [6.45, 7) is 5.80. The Morgan fingerprint density at radius 3 is 2.47 bits per heavy atom. The summed E-state index contributed by atoms with van der Waals surface area (Å²) in [7, 11) is 0. The van der Waals surface area contributed by atoms with E-state index < -0.39 is 12.0 Å². The van der Waals surface area contributed by atoms with E-state index in [4.69, 9.17) is 13.9 Å². The SMILES string of the molecule is CCOC(=O)C1=C(C)N=c2s/c(=C\c3ccc(-c4ccc(C(=O)OCC)cc4)o3)c(=O)n2[C@H]1c1cccs1. The first-order valence-corrected chi connectivity index (χ1v) is 13.7. The number of hydrogen-bond acceptors (Lipinski definition) is 9. The molecule has 8 nitrogen and oxygen atoms in total. The first kappa shape index (κ1) is 25.6. The summed E-state index contributed by atoms with van der Waals surface area (Å²) in [5, 5.41) is 1.91. The minimum Gasteiger partial charge on any atom is -0.463 e. The zero-order chi connectivity index (χ0) is 26.8. The second-order valence-corrected chi connectivity index (χ2v) is 10.3. The molecule has 0 aliphatic carbocycles. The molecule has 0 spiro atoms. The van der Waals surface area contributed by atoms with Crippen molar-refractivity contribution in [3.63, 3.8) is 0 Å². The molecule has 0 amide bonds. The second-order valence-electron chi connectivity index (χ2n) is 8.32. The molecule has 0 radical (unpaired) electrons. The van der Waals surface area contributed by atoms with Crippen molar-refractivity contribution in [2.45, 2.75) is 26.8 Å². The van der Waals surface area contributed by atoms with Gasteiger partial charge in [0.1, 0.15) is 17.6 Å². The first-order valence-electron chi connectivity index (χ1n) is 12.0. The molecule has 4 heterocycles. The summed E-state index contributed by atoms with van der Waals surface area (Å²) in [4.78, 5) is 44.3. The Hall–Kier alpha value is -4.02. The van der Waals surface area contributed by atoms with Crippen molar-refractivity contribution in [3.8, 4) is 11.3 Å². The van der Waals surface area contributed by atoms with E-state index in [0.717, 1.165) is 10.4 Å². The number of carbonyl (C=O) groups is 2. The van der Waals surface area contributed by atoms with Crippen molar-refractivity contribution < 1.29 is 23.5 Å². The van der Waals surface area contributed by atoms with E-state index >= 15 is 0 Å². The van der Waals surface area contributed by atoms with Gasteiger partial charge in [-0.2, -0.15) is 0 Å². The predicted molar refractivity (Wildman–Crippen MR) is 145 cm³/mol. The van der Waals surface area contributed by atoms with Crippen molar-refractivity contribution >= 4 is 40.7 Å². The molecular weight excluding hydrogens is 524 g/mol. The molecule has 5 rings (SSSR count). The van der Waals surface area contributed by atoms with Crippen molar-refractivity contribution in [2.24, 2.45) is 4.99 Å². The van der Waals surface area contributed by atoms with Crippen LogP contribution in [0.1, 0.15) is 47.8 Å². The summed E-state index contributed by atoms with van der Waals surface area (Å²) < 4.78 is 18.3. The van der Waals surface area contributed by atoms with Gasteiger partial charge in [-0.05, 0) is 56.5 Å². The number of aromatic nitrogens is 1. The number of hydrogen-bond donors (Lipinski definition) is 0. The van der Waals surface area contributed by atoms with Crippen molar-refractivity contribution in [1.29, 1.82) is 0 Å². The third-order valence-electron chi connectivity index (χ3n) is 5.91. The van der Waals surface area contributed by atoms with Gasteiger partial charge in [-0.3, -0.25) is 9.36 Å². The van der Waals surface area contributed by atoms with Crippen LogP contribution in [0, 0.1) is 0 Å². The molecule has 1 aliphatic heterocycles. The van der Waals surface area contributed by atoms with Crippen LogP contribution in [0.5, 0.6) is 0 Å². The molecule has 194 valence electrons. The van der Waals surface area contributed by atoms with Gasteiger partial charge in [0.05, 0.1) is 34.6 Å². The number of benzene rings is 1. The van der Waals surface area contributed by atoms with E-state index in [1.54, 1.807) is 67.8 Å². The number of allylic oxidation sites excluding steroid dienone is 1. The number of esters is 2. The smallest absolute Gasteiger partial charge is 0.338 e. The van der Waals surface area contributed by atoms with Gasteiger partial charge in [0, 0.05) is 16.5 Å². The quantitative estimate of drug-likeness (QED) is 0.320. The summed E-state index contributed by atoms with van der Waals surface area (Å²) in [5.74, 6) is 0.230. The highest BCUT2D eigenvalue weighted by Crippen LogP contribution is 2.33. The van der Waals surface area contributed by atoms with Crippen molar-refractivity contribution in [2.75, 3.05) is 13.2 Å². The lowest BCUT2D eigenvalue weighted by atomic mass is 10.0. The van der Waals surface area contributed by atoms with Crippen molar-refractivity contribution in [3.05, 3.63) is 101 Å². The predicted octanol–water partition coefficient (Wildman–Crippen LogP) is 4.30. The molecule has 0 fully saturated rings. The zero-order valence-electron chi connectivity index (χ0n) is 20.9. The molecule has 10 heteroatoms. The number of thiazole rings is 1. The third kappa shape index (κ3) is 4.80. The molecule has 0 N–H and O–H groups in total. The van der Waals surface area contributed by atoms with E-state index in [1.165, 1.54) is 22.7 Å². The van der Waals surface area contributed by atoms with E-state index in [9.17, 15) is 14.4 Å². The normalized spacial score (nSPS) is 15.2. The van der Waals surface area contributed by atoms with Crippen LogP contribution < -0.4 is 14.9 Å². The van der Waals surface area contributed by atoms with E-state index in [1.807, 2.05) is 17.5 Å². The maximum absolute atomic E-state index is 13.6. The van der Waals surface area contributed by atoms with Crippen LogP contribution in [0.4, 0.5) is 0 Å². The second kappa shape index (κ2) is 10.8. The van der Waals surface area contributed by atoms with Gasteiger partial charge in [0.2, 0.25) is 0 Å². The fraction of sp³-hybridized carbons (Fsp3) is 0.214. The van der Waals surface area contributed by atoms with Crippen LogP contribution >= 0.6 is 22.7 Å². The minimum atomic E-state index is -0.613. The van der Waals surface area contributed by atoms with Crippen LogP contribution in [-0.4, -0.2) is 29.7 Å². The van der Waals surface area contributed by atoms with E-state index in [2.05, 4.69) is 4.99 Å². The summed E-state index contributed by atoms with van der Waals surface area (Å²) in [6, 6.07) is 13.7. The van der Waals surface area contributed by atoms with Crippen LogP contribution in [0.25, 0.3) is 17.4 Å². The molecule has 0 unspecified atom stereocenters. The molecule has 0 bridgehead atoms. The Morgan fingerprint density at radius 2 is 1.79 bits per heavy atom. The monoisotopic (exact) mass is 548 g/mol. The molecule has 0 saturated heterocycles. The molecule has 4 aromatic rings. The van der Waals surface area contributed by atoms with Crippen LogP contribution in [0.15, 0.2) is 79.4 Å². The minimum absolute atomic E-state index is 0.226. The van der Waals surface area contributed by atoms with Crippen LogP contribution in [-0.2, 0) is 14.3 Å². The molecule has 0 saturated carbocycles. The van der Waals surface area contributed by atoms with Crippen LogP contribution in [0.2, 0.25) is 0 Å². The maximum Gasteiger partial charge on any atom is 0.338 e. The van der Waals surface area contributed by atoms with Gasteiger partial charge >= 0.3 is 11.9 Å². The fourth-order valence-electron chi connectivity index (χ4n) is 4.21. The third-order valence-corrected chi connectivity index (χ3v) is 7.82. The molecular formula is C28H24N2O6S2. The van der Waals surface area contributed by atoms with Gasteiger partial charge in [-0.15, -0.1) is 11.3 Å². The lowest BCUT2D eigenvalue weighted by Gasteiger charge is -2.23. The molecule has 1 atom stereocenters. The average molecular weight is 549 g/mol. The van der Waals surface area contributed by atoms with Gasteiger partial charge in [-0.25, -0.2) is 14.6 Å². The lowest BCUT2D eigenvalue weighted by Crippen LogP contribution is -2.39. The number of rotatable bonds is 7. The highest BCUT2D eigenvalue weighted by Gasteiger charge is 2.33. The summed E-state index contributed by atoms with van der Waals surface area (Å²) >= 11 is 2.70. The van der Waals surface area contributed by atoms with E-state index in [-0.39, 0.29) is 18.1 Å². The Labute approximate surface area is 225 Å². The highest BCUT2D eigenvalue weighted by molar-refractivity contribution is 7.10. The van der Waals surface area contributed by atoms with Gasteiger partial charge in [0.25, 0.3) is 5.56 Å². The van der Waals surface area contributed by atoms with Crippen molar-refractivity contribution in [1.82, 2.24) is 4.57 Å². The highest BCUT2D eigenvalue weighted by atomic mass is 32.1. The van der Waals surface area contributed by atoms with E-state index in [0.29, 0.717) is 44.3 Å². The largest absolute Gasteiger partial charge is 0.463 e. The van der Waals surface area contributed by atoms with Gasteiger partial charge in [0.15, 0.2) is 4.80 Å². The average Bonchev–Trinajstić information content (AvgIpc) is 3.66. The molecule has 1 aromatic carbocycles. The number of furan rings is 1. The maximum atomic E-state index is 13.6. The summed E-state index contributed by atoms with van der Waals surface area (Å²) in [6.07, 6.45) is 1.68. The van der Waals surface area contributed by atoms with Gasteiger partial charge < -0.3 is 13.9 Å². The standard InChI is InChI=1S/C28H24N2O6S2/c1-4-34-26(32)18-10-8-17(9-11-18)20-13-12-19(36-20)15-22-25(31)30-24(21-7-6-14-37-21)23(27(33)35-5-2)16(3)29-28(30)38-22/h6-15,24H,4-5H2,1-3H3/b22-15-/t24-/m0/s1. The number of thiophene rings is 1. The topological polar surface area (TPSA) is 100 Å². The Morgan fingerprint density at radius 1 is 1.05 bits per heavy atom. The first-order chi connectivity index (χ1) is 18.4. The fourth-order valence-corrected chi connectivity index (χ4v) is 6.06. The number of carbonyl (C=O) groups excluding carboxylic acids is 2. The molecule has 38 heavy (non-hydrogen) atoms. The zero-order valence-corrected chi connectivity index (χ0v) is 22.6. The summed E-state index contributed by atoms with van der Waals surface area (Å²) in [5.41, 5.74) is 1.87. The Balaban J connectivity index is 1.52. The molecule has 1 aliphatic rings. The Bertz CT molecular complexity index is 1710. The number of fused-ring (bicyclic) bond motifs is 1. The van der Waals surface area contributed by atoms with Crippen LogP contribution in [0.3, 0.4) is 0 Å². The number of nitrogens with zero attached hydrogens (tertiary/aromatic N) is 2. The lowest BCUT2D eigenvalue weighted by molar-refractivity contribution is -0.139. The number of ether oxygens (including phenoxy) is 2.